The highest BCUT2D eigenvalue weighted by Crippen LogP contribution is 2.19. The van der Waals surface area contributed by atoms with Crippen molar-refractivity contribution in [3.8, 4) is 0 Å². The highest BCUT2D eigenvalue weighted by molar-refractivity contribution is 7.99. The summed E-state index contributed by atoms with van der Waals surface area (Å²) in [6, 6.07) is 7.36. The summed E-state index contributed by atoms with van der Waals surface area (Å²) in [5.74, 6) is 1.30. The van der Waals surface area contributed by atoms with Crippen LogP contribution in [0.15, 0.2) is 34.2 Å². The van der Waals surface area contributed by atoms with E-state index in [1.54, 1.807) is 18.8 Å². The van der Waals surface area contributed by atoms with Gasteiger partial charge < -0.3 is 16.0 Å². The lowest BCUT2D eigenvalue weighted by Crippen LogP contribution is -2.43. The van der Waals surface area contributed by atoms with Crippen molar-refractivity contribution in [3.63, 3.8) is 0 Å². The molecule has 1 aromatic rings. The van der Waals surface area contributed by atoms with Crippen LogP contribution >= 0.6 is 23.4 Å². The normalized spacial score (nSPS) is 14.8. The zero-order valence-corrected chi connectivity index (χ0v) is 14.9. The molecule has 1 fully saturated rings. The van der Waals surface area contributed by atoms with Crippen molar-refractivity contribution < 1.29 is 9.59 Å². The van der Waals surface area contributed by atoms with E-state index in [2.05, 4.69) is 20.9 Å². The number of nitrogens with zero attached hydrogens (tertiary/aromatic N) is 2. The molecular weight excluding hydrogens is 350 g/mol. The van der Waals surface area contributed by atoms with Crippen molar-refractivity contribution in [1.82, 2.24) is 20.9 Å². The Bertz CT molecular complexity index is 592. The molecule has 1 saturated heterocycles. The minimum absolute atomic E-state index is 0.0771. The Morgan fingerprint density at radius 3 is 2.62 bits per heavy atom. The van der Waals surface area contributed by atoms with Crippen molar-refractivity contribution in [2.75, 3.05) is 39.0 Å². The Morgan fingerprint density at radius 1 is 1.29 bits per heavy atom. The van der Waals surface area contributed by atoms with Gasteiger partial charge in [0.15, 0.2) is 5.96 Å². The Hall–Kier alpha value is -1.93. The fraction of sp³-hybridized carbons (Fsp3) is 0.400. The monoisotopic (exact) mass is 369 g/mol. The fourth-order valence-corrected chi connectivity index (χ4v) is 2.95. The number of aliphatic imine (C=N–C) groups is 1. The van der Waals surface area contributed by atoms with E-state index < -0.39 is 0 Å². The predicted molar refractivity (Wildman–Crippen MR) is 96.7 cm³/mol. The molecule has 3 amide bonds. The molecule has 1 aliphatic rings. The zero-order chi connectivity index (χ0) is 17.4. The van der Waals surface area contributed by atoms with Crippen LogP contribution in [0.2, 0.25) is 5.02 Å². The van der Waals surface area contributed by atoms with Crippen LogP contribution in [-0.2, 0) is 4.79 Å². The first-order chi connectivity index (χ1) is 11.6. The van der Waals surface area contributed by atoms with Gasteiger partial charge in [-0.3, -0.25) is 14.7 Å². The van der Waals surface area contributed by atoms with Gasteiger partial charge in [0.1, 0.15) is 0 Å². The quantitative estimate of drug-likeness (QED) is 0.221. The molecule has 0 atom stereocenters. The van der Waals surface area contributed by atoms with E-state index in [1.807, 2.05) is 24.3 Å². The Morgan fingerprint density at radius 2 is 2.00 bits per heavy atom. The average molecular weight is 370 g/mol. The molecule has 2 rings (SSSR count). The van der Waals surface area contributed by atoms with Crippen LogP contribution in [-0.4, -0.2) is 61.8 Å². The maximum atomic E-state index is 11.5. The second kappa shape index (κ2) is 9.39. The van der Waals surface area contributed by atoms with E-state index in [1.165, 1.54) is 4.90 Å². The van der Waals surface area contributed by atoms with Crippen molar-refractivity contribution in [1.29, 1.82) is 0 Å². The summed E-state index contributed by atoms with van der Waals surface area (Å²) in [5.41, 5.74) is 0. The molecule has 0 saturated carbocycles. The molecule has 0 spiro atoms. The third-order valence-corrected chi connectivity index (χ3v) is 4.53. The molecule has 0 unspecified atom stereocenters. The van der Waals surface area contributed by atoms with Crippen LogP contribution < -0.4 is 16.0 Å². The fourth-order valence-electron chi connectivity index (χ4n) is 2.06. The number of rotatable bonds is 7. The molecule has 7 nitrogen and oxygen atoms in total. The Labute approximate surface area is 150 Å². The number of amides is 3. The third kappa shape index (κ3) is 5.61. The van der Waals surface area contributed by atoms with Crippen LogP contribution in [0.1, 0.15) is 0 Å². The molecule has 9 heteroatoms. The smallest absolute Gasteiger partial charge is 0.324 e. The summed E-state index contributed by atoms with van der Waals surface area (Å²) in [5, 5.41) is 9.48. The lowest BCUT2D eigenvalue weighted by Gasteiger charge is -2.15. The third-order valence-electron chi connectivity index (χ3n) is 3.27. The minimum atomic E-state index is -0.343. The molecule has 0 radical (unpaired) electrons. The maximum Gasteiger partial charge on any atom is 0.324 e. The van der Waals surface area contributed by atoms with Crippen molar-refractivity contribution in [2.45, 2.75) is 4.90 Å². The average Bonchev–Trinajstić information content (AvgIpc) is 2.90. The number of halogens is 1. The van der Waals surface area contributed by atoms with Gasteiger partial charge in [0.2, 0.25) is 5.91 Å². The van der Waals surface area contributed by atoms with E-state index in [9.17, 15) is 9.59 Å². The summed E-state index contributed by atoms with van der Waals surface area (Å²) in [6.45, 7) is 1.57. The molecular formula is C15H20ClN5O2S. The van der Waals surface area contributed by atoms with Crippen LogP contribution in [0.4, 0.5) is 4.79 Å². The molecule has 0 aliphatic carbocycles. The van der Waals surface area contributed by atoms with Crippen molar-refractivity contribution >= 4 is 41.3 Å². The number of hydrogen-bond acceptors (Lipinski definition) is 4. The standard InChI is InChI=1S/C15H20ClN5O2S/c1-17-14(18-6-8-21-13(22)10-20-15(21)23)19-7-9-24-12-4-2-11(16)3-5-12/h2-5H,6-10H2,1H3,(H,20,23)(H2,17,18,19). The van der Waals surface area contributed by atoms with E-state index in [4.69, 9.17) is 11.6 Å². The summed E-state index contributed by atoms with van der Waals surface area (Å²) < 4.78 is 0. The van der Waals surface area contributed by atoms with Crippen LogP contribution in [0.5, 0.6) is 0 Å². The summed E-state index contributed by atoms with van der Waals surface area (Å²) in [4.78, 5) is 29.3. The van der Waals surface area contributed by atoms with Crippen LogP contribution in [0, 0.1) is 0 Å². The van der Waals surface area contributed by atoms with Gasteiger partial charge in [0, 0.05) is 42.4 Å². The number of carbonyl (C=O) groups excluding carboxylic acids is 2. The molecule has 1 aliphatic heterocycles. The van der Waals surface area contributed by atoms with Crippen molar-refractivity contribution in [3.05, 3.63) is 29.3 Å². The van der Waals surface area contributed by atoms with Crippen LogP contribution in [0.3, 0.4) is 0 Å². The second-order valence-electron chi connectivity index (χ2n) is 4.93. The van der Waals surface area contributed by atoms with Gasteiger partial charge in [-0.1, -0.05) is 11.6 Å². The molecule has 1 aromatic carbocycles. The molecule has 0 bridgehead atoms. The van der Waals surface area contributed by atoms with E-state index in [0.29, 0.717) is 19.0 Å². The van der Waals surface area contributed by atoms with Crippen LogP contribution in [0.25, 0.3) is 0 Å². The molecule has 0 aromatic heterocycles. The number of hydrogen-bond donors (Lipinski definition) is 3. The van der Waals surface area contributed by atoms with Gasteiger partial charge in [-0.2, -0.15) is 0 Å². The topological polar surface area (TPSA) is 85.8 Å². The van der Waals surface area contributed by atoms with Gasteiger partial charge in [-0.15, -0.1) is 11.8 Å². The van der Waals surface area contributed by atoms with Gasteiger partial charge >= 0.3 is 6.03 Å². The second-order valence-corrected chi connectivity index (χ2v) is 6.54. The summed E-state index contributed by atoms with van der Waals surface area (Å²) >= 11 is 7.57. The Balaban J connectivity index is 1.62. The van der Waals surface area contributed by atoms with Gasteiger partial charge in [-0.25, -0.2) is 4.79 Å². The highest BCUT2D eigenvalue weighted by Gasteiger charge is 2.27. The summed E-state index contributed by atoms with van der Waals surface area (Å²) in [7, 11) is 1.68. The first-order valence-electron chi connectivity index (χ1n) is 7.51. The van der Waals surface area contributed by atoms with Gasteiger partial charge in [0.25, 0.3) is 0 Å². The largest absolute Gasteiger partial charge is 0.356 e. The maximum absolute atomic E-state index is 11.5. The first kappa shape index (κ1) is 18.4. The lowest BCUT2D eigenvalue weighted by molar-refractivity contribution is -0.124. The minimum Gasteiger partial charge on any atom is -0.356 e. The molecule has 1 heterocycles. The highest BCUT2D eigenvalue weighted by atomic mass is 35.5. The van der Waals surface area contributed by atoms with E-state index >= 15 is 0 Å². The molecule has 130 valence electrons. The first-order valence-corrected chi connectivity index (χ1v) is 8.87. The number of imide groups is 1. The van der Waals surface area contributed by atoms with E-state index in [-0.39, 0.29) is 18.5 Å². The number of nitrogens with one attached hydrogen (secondary N) is 3. The lowest BCUT2D eigenvalue weighted by atomic mass is 10.4. The number of guanidine groups is 1. The number of carbonyl (C=O) groups is 2. The SMILES string of the molecule is CN=C(NCCSc1ccc(Cl)cc1)NCCN1C(=O)CNC1=O. The molecule has 24 heavy (non-hydrogen) atoms. The van der Waals surface area contributed by atoms with Gasteiger partial charge in [0.05, 0.1) is 6.54 Å². The predicted octanol–water partition coefficient (Wildman–Crippen LogP) is 1.15. The van der Waals surface area contributed by atoms with E-state index in [0.717, 1.165) is 22.2 Å². The zero-order valence-electron chi connectivity index (χ0n) is 13.3. The summed E-state index contributed by atoms with van der Waals surface area (Å²) in [6.07, 6.45) is 0. The van der Waals surface area contributed by atoms with Gasteiger partial charge in [-0.05, 0) is 24.3 Å². The Kier molecular flexibility index (Phi) is 7.20. The van der Waals surface area contributed by atoms with Crippen molar-refractivity contribution in [2.24, 2.45) is 4.99 Å². The number of urea groups is 1. The molecule has 3 N–H and O–H groups in total. The number of thioether (sulfide) groups is 1. The number of benzene rings is 1.